The van der Waals surface area contributed by atoms with Gasteiger partial charge in [-0.3, -0.25) is 4.90 Å². The van der Waals surface area contributed by atoms with Gasteiger partial charge in [-0.15, -0.1) is 0 Å². The molecule has 0 aromatic carbocycles. The first-order valence-electron chi connectivity index (χ1n) is 8.00. The molecule has 4 heteroatoms. The van der Waals surface area contributed by atoms with E-state index in [4.69, 9.17) is 9.15 Å². The van der Waals surface area contributed by atoms with E-state index >= 15 is 0 Å². The Bertz CT molecular complexity index is 435. The Morgan fingerprint density at radius 3 is 2.33 bits per heavy atom. The maximum absolute atomic E-state index is 6.12. The number of ether oxygens (including phenoxy) is 1. The van der Waals surface area contributed by atoms with Gasteiger partial charge < -0.3 is 14.5 Å². The molecule has 0 bridgehead atoms. The third-order valence-electron chi connectivity index (χ3n) is 3.58. The second-order valence-corrected chi connectivity index (χ2v) is 7.31. The summed E-state index contributed by atoms with van der Waals surface area (Å²) in [6.07, 6.45) is 1.14. The molecule has 2 heterocycles. The van der Waals surface area contributed by atoms with Crippen LogP contribution in [0, 0.1) is 0 Å². The van der Waals surface area contributed by atoms with E-state index in [0.717, 1.165) is 50.7 Å². The molecule has 0 atom stereocenters. The maximum atomic E-state index is 6.12. The Hall–Kier alpha value is -0.840. The number of rotatable bonds is 6. The van der Waals surface area contributed by atoms with Crippen LogP contribution < -0.4 is 5.32 Å². The average molecular weight is 294 g/mol. The molecular weight excluding hydrogens is 264 g/mol. The normalized spacial score (nSPS) is 21.6. The van der Waals surface area contributed by atoms with Crippen LogP contribution in [-0.2, 0) is 17.8 Å². The Labute approximate surface area is 128 Å². The predicted molar refractivity (Wildman–Crippen MR) is 85.2 cm³/mol. The lowest BCUT2D eigenvalue weighted by Crippen LogP contribution is -2.56. The van der Waals surface area contributed by atoms with Crippen LogP contribution in [-0.4, -0.2) is 35.7 Å². The standard InChI is InChI=1S/C17H30N2O2/c1-6-9-18-10-14-7-8-15(20-14)11-19-12-16(2,3)21-17(4,5)13-19/h7-8,18H,6,9-13H2,1-5H3. The first kappa shape index (κ1) is 16.5. The molecule has 1 aromatic heterocycles. The number of nitrogens with one attached hydrogen (secondary N) is 1. The van der Waals surface area contributed by atoms with E-state index in [0.29, 0.717) is 0 Å². The zero-order valence-electron chi connectivity index (χ0n) is 14.2. The van der Waals surface area contributed by atoms with Crippen LogP contribution in [0.2, 0.25) is 0 Å². The third-order valence-corrected chi connectivity index (χ3v) is 3.58. The molecule has 120 valence electrons. The fraction of sp³-hybridized carbons (Fsp3) is 0.765. The fourth-order valence-electron chi connectivity index (χ4n) is 3.27. The zero-order valence-corrected chi connectivity index (χ0v) is 14.2. The molecule has 2 rings (SSSR count). The van der Waals surface area contributed by atoms with Gasteiger partial charge in [-0.25, -0.2) is 0 Å². The summed E-state index contributed by atoms with van der Waals surface area (Å²) in [4.78, 5) is 2.42. The van der Waals surface area contributed by atoms with Gasteiger partial charge in [0.2, 0.25) is 0 Å². The summed E-state index contributed by atoms with van der Waals surface area (Å²) in [5.74, 6) is 2.06. The van der Waals surface area contributed by atoms with Gasteiger partial charge in [-0.1, -0.05) is 6.92 Å². The summed E-state index contributed by atoms with van der Waals surface area (Å²) in [7, 11) is 0. The van der Waals surface area contributed by atoms with Crippen LogP contribution in [0.5, 0.6) is 0 Å². The van der Waals surface area contributed by atoms with E-state index in [1.54, 1.807) is 0 Å². The van der Waals surface area contributed by atoms with E-state index in [-0.39, 0.29) is 11.2 Å². The SMILES string of the molecule is CCCNCc1ccc(CN2CC(C)(C)OC(C)(C)C2)o1. The second kappa shape index (κ2) is 6.51. The summed E-state index contributed by atoms with van der Waals surface area (Å²) < 4.78 is 12.0. The summed E-state index contributed by atoms with van der Waals surface area (Å²) in [6.45, 7) is 15.3. The molecule has 1 aliphatic heterocycles. The van der Waals surface area contributed by atoms with Crippen LogP contribution in [0.15, 0.2) is 16.5 Å². The quantitative estimate of drug-likeness (QED) is 0.818. The summed E-state index contributed by atoms with van der Waals surface area (Å²) in [5.41, 5.74) is -0.223. The molecule has 0 unspecified atom stereocenters. The molecule has 21 heavy (non-hydrogen) atoms. The predicted octanol–water partition coefficient (Wildman–Crippen LogP) is 3.17. The molecule has 4 nitrogen and oxygen atoms in total. The number of hydrogen-bond acceptors (Lipinski definition) is 4. The highest BCUT2D eigenvalue weighted by atomic mass is 16.5. The van der Waals surface area contributed by atoms with Crippen molar-refractivity contribution >= 4 is 0 Å². The largest absolute Gasteiger partial charge is 0.463 e. The van der Waals surface area contributed by atoms with Gasteiger partial charge in [-0.2, -0.15) is 0 Å². The molecule has 1 fully saturated rings. The van der Waals surface area contributed by atoms with Crippen LogP contribution in [0.4, 0.5) is 0 Å². The topological polar surface area (TPSA) is 37.6 Å². The summed E-state index contributed by atoms with van der Waals surface area (Å²) >= 11 is 0. The molecule has 1 aliphatic rings. The zero-order chi connectivity index (χ0) is 15.5. The Kier molecular flexibility index (Phi) is 5.12. The van der Waals surface area contributed by atoms with Crippen molar-refractivity contribution in [3.63, 3.8) is 0 Å². The highest BCUT2D eigenvalue weighted by Gasteiger charge is 2.38. The third kappa shape index (κ3) is 5.13. The number of furan rings is 1. The van der Waals surface area contributed by atoms with Crippen molar-refractivity contribution in [3.05, 3.63) is 23.7 Å². The summed E-state index contributed by atoms with van der Waals surface area (Å²) in [6, 6.07) is 4.17. The second-order valence-electron chi connectivity index (χ2n) is 7.31. The van der Waals surface area contributed by atoms with Crippen LogP contribution in [0.3, 0.4) is 0 Å². The van der Waals surface area contributed by atoms with Crippen LogP contribution in [0.1, 0.15) is 52.6 Å². The van der Waals surface area contributed by atoms with E-state index in [1.807, 2.05) is 0 Å². The van der Waals surface area contributed by atoms with Gasteiger partial charge in [0.25, 0.3) is 0 Å². The molecule has 0 radical (unpaired) electrons. The summed E-state index contributed by atoms with van der Waals surface area (Å²) in [5, 5.41) is 3.37. The average Bonchev–Trinajstić information content (AvgIpc) is 2.72. The number of hydrogen-bond donors (Lipinski definition) is 1. The first-order valence-corrected chi connectivity index (χ1v) is 8.00. The van der Waals surface area contributed by atoms with Gasteiger partial charge in [0.1, 0.15) is 11.5 Å². The Balaban J connectivity index is 1.92. The molecule has 0 amide bonds. The van der Waals surface area contributed by atoms with Crippen molar-refractivity contribution in [1.82, 2.24) is 10.2 Å². The molecule has 0 aliphatic carbocycles. The molecule has 0 saturated carbocycles. The molecule has 1 aromatic rings. The minimum atomic E-state index is -0.111. The monoisotopic (exact) mass is 294 g/mol. The van der Waals surface area contributed by atoms with Crippen molar-refractivity contribution in [2.75, 3.05) is 19.6 Å². The van der Waals surface area contributed by atoms with Crippen molar-refractivity contribution in [2.45, 2.75) is 65.3 Å². The highest BCUT2D eigenvalue weighted by molar-refractivity contribution is 5.07. The lowest BCUT2D eigenvalue weighted by Gasteiger charge is -2.47. The van der Waals surface area contributed by atoms with Gasteiger partial charge >= 0.3 is 0 Å². The molecule has 1 N–H and O–H groups in total. The van der Waals surface area contributed by atoms with Crippen LogP contribution in [0.25, 0.3) is 0 Å². The van der Waals surface area contributed by atoms with Crippen molar-refractivity contribution in [2.24, 2.45) is 0 Å². The number of morpholine rings is 1. The molecule has 0 spiro atoms. The van der Waals surface area contributed by atoms with Crippen molar-refractivity contribution in [1.29, 1.82) is 0 Å². The smallest absolute Gasteiger partial charge is 0.118 e. The molecule has 1 saturated heterocycles. The van der Waals surface area contributed by atoms with E-state index in [2.05, 4.69) is 57.0 Å². The maximum Gasteiger partial charge on any atom is 0.118 e. The van der Waals surface area contributed by atoms with E-state index in [1.165, 1.54) is 0 Å². The van der Waals surface area contributed by atoms with Gasteiger partial charge in [0.05, 0.1) is 24.3 Å². The van der Waals surface area contributed by atoms with E-state index < -0.39 is 0 Å². The van der Waals surface area contributed by atoms with Crippen molar-refractivity contribution in [3.8, 4) is 0 Å². The van der Waals surface area contributed by atoms with Gasteiger partial charge in [0, 0.05) is 13.1 Å². The first-order chi connectivity index (χ1) is 9.80. The minimum absolute atomic E-state index is 0.111. The van der Waals surface area contributed by atoms with Gasteiger partial charge in [-0.05, 0) is 52.8 Å². The highest BCUT2D eigenvalue weighted by Crippen LogP contribution is 2.29. The van der Waals surface area contributed by atoms with Gasteiger partial charge in [0.15, 0.2) is 0 Å². The lowest BCUT2D eigenvalue weighted by atomic mass is 9.99. The Morgan fingerprint density at radius 1 is 1.10 bits per heavy atom. The fourth-order valence-corrected chi connectivity index (χ4v) is 3.27. The molecular formula is C17H30N2O2. The Morgan fingerprint density at radius 2 is 1.71 bits per heavy atom. The number of nitrogens with zero attached hydrogens (tertiary/aromatic N) is 1. The lowest BCUT2D eigenvalue weighted by molar-refractivity contribution is -0.182. The van der Waals surface area contributed by atoms with E-state index in [9.17, 15) is 0 Å². The minimum Gasteiger partial charge on any atom is -0.463 e. The van der Waals surface area contributed by atoms with Crippen molar-refractivity contribution < 1.29 is 9.15 Å². The van der Waals surface area contributed by atoms with Crippen LogP contribution >= 0.6 is 0 Å².